The first-order valence-electron chi connectivity index (χ1n) is 5.98. The van der Waals surface area contributed by atoms with Crippen molar-refractivity contribution in [1.29, 1.82) is 0 Å². The Balaban J connectivity index is 1.92. The molecule has 0 radical (unpaired) electrons. The highest BCUT2D eigenvalue weighted by molar-refractivity contribution is 6.35. The van der Waals surface area contributed by atoms with Crippen molar-refractivity contribution in [3.8, 4) is 11.5 Å². The highest BCUT2D eigenvalue weighted by atomic mass is 35.5. The molecule has 5 nitrogen and oxygen atoms in total. The van der Waals surface area contributed by atoms with E-state index in [2.05, 4.69) is 15.1 Å². The number of hydrogen-bond donors (Lipinski definition) is 1. The molecule has 1 aliphatic rings. The van der Waals surface area contributed by atoms with E-state index in [1.807, 2.05) is 0 Å². The summed E-state index contributed by atoms with van der Waals surface area (Å²) in [7, 11) is 0. The van der Waals surface area contributed by atoms with E-state index >= 15 is 0 Å². The normalized spacial score (nSPS) is 22.9. The molecule has 3 rings (SSSR count). The second-order valence-corrected chi connectivity index (χ2v) is 5.39. The Hall–Kier alpha value is -1.17. The third-order valence-electron chi connectivity index (χ3n) is 3.26. The summed E-state index contributed by atoms with van der Waals surface area (Å²) in [5.41, 5.74) is 0.425. The lowest BCUT2D eigenvalue weighted by atomic mass is 10.1. The number of hydrogen-bond acceptors (Lipinski definition) is 5. The smallest absolute Gasteiger partial charge is 0.232 e. The summed E-state index contributed by atoms with van der Waals surface area (Å²) in [5.74, 6) is 0.663. The van der Waals surface area contributed by atoms with Gasteiger partial charge < -0.3 is 9.63 Å². The lowest BCUT2D eigenvalue weighted by Crippen LogP contribution is -2.11. The number of pyridine rings is 1. The minimum Gasteiger partial charge on any atom is -0.392 e. The monoisotopic (exact) mass is 299 g/mol. The number of rotatable bonds is 2. The van der Waals surface area contributed by atoms with Gasteiger partial charge in [-0.3, -0.25) is 0 Å². The van der Waals surface area contributed by atoms with Crippen LogP contribution in [0.2, 0.25) is 10.0 Å². The summed E-state index contributed by atoms with van der Waals surface area (Å²) in [5, 5.41) is 14.5. The summed E-state index contributed by atoms with van der Waals surface area (Å²) in [6.45, 7) is 0. The molecule has 2 aromatic heterocycles. The first kappa shape index (κ1) is 12.8. The number of aliphatic hydroxyl groups is 1. The highest BCUT2D eigenvalue weighted by Gasteiger charge is 2.31. The van der Waals surface area contributed by atoms with Crippen LogP contribution in [0.4, 0.5) is 0 Å². The Morgan fingerprint density at radius 3 is 2.84 bits per heavy atom. The van der Waals surface area contributed by atoms with Crippen molar-refractivity contribution >= 4 is 23.2 Å². The largest absolute Gasteiger partial charge is 0.392 e. The summed E-state index contributed by atoms with van der Waals surface area (Å²) in [4.78, 5) is 8.37. The molecule has 2 unspecified atom stereocenters. The zero-order chi connectivity index (χ0) is 13.4. The Morgan fingerprint density at radius 2 is 2.16 bits per heavy atom. The summed E-state index contributed by atoms with van der Waals surface area (Å²) < 4.78 is 5.21. The Kier molecular flexibility index (Phi) is 3.43. The van der Waals surface area contributed by atoms with Crippen LogP contribution in [0.1, 0.15) is 31.1 Å². The lowest BCUT2D eigenvalue weighted by Gasteiger charge is -2.07. The van der Waals surface area contributed by atoms with Gasteiger partial charge in [-0.1, -0.05) is 28.4 Å². The van der Waals surface area contributed by atoms with Crippen molar-refractivity contribution < 1.29 is 9.63 Å². The first-order chi connectivity index (χ1) is 9.15. The van der Waals surface area contributed by atoms with Crippen LogP contribution in [0.3, 0.4) is 0 Å². The van der Waals surface area contributed by atoms with Crippen LogP contribution in [-0.2, 0) is 0 Å². The van der Waals surface area contributed by atoms with Gasteiger partial charge in [-0.2, -0.15) is 4.98 Å². The first-order valence-corrected chi connectivity index (χ1v) is 6.74. The Labute approximate surface area is 119 Å². The average molecular weight is 300 g/mol. The van der Waals surface area contributed by atoms with Crippen molar-refractivity contribution in [1.82, 2.24) is 15.1 Å². The van der Waals surface area contributed by atoms with Gasteiger partial charge in [-0.15, -0.1) is 0 Å². The van der Waals surface area contributed by atoms with Gasteiger partial charge in [0.15, 0.2) is 0 Å². The maximum absolute atomic E-state index is 9.83. The number of nitrogens with zero attached hydrogens (tertiary/aromatic N) is 3. The Bertz CT molecular complexity index is 602. The minimum absolute atomic E-state index is 0.0904. The number of halogens is 2. The van der Waals surface area contributed by atoms with E-state index in [0.29, 0.717) is 27.5 Å². The molecule has 0 spiro atoms. The van der Waals surface area contributed by atoms with Crippen molar-refractivity contribution in [2.75, 3.05) is 0 Å². The fourth-order valence-corrected chi connectivity index (χ4v) is 2.75. The molecule has 7 heteroatoms. The van der Waals surface area contributed by atoms with Gasteiger partial charge in [0.25, 0.3) is 0 Å². The molecule has 1 aliphatic carbocycles. The van der Waals surface area contributed by atoms with E-state index in [4.69, 9.17) is 27.7 Å². The third-order valence-corrected chi connectivity index (χ3v) is 3.75. The fourth-order valence-electron chi connectivity index (χ4n) is 2.29. The molecule has 0 aromatic carbocycles. The highest BCUT2D eigenvalue weighted by Crippen LogP contribution is 2.35. The molecule has 0 saturated heterocycles. The van der Waals surface area contributed by atoms with E-state index in [1.165, 1.54) is 6.20 Å². The van der Waals surface area contributed by atoms with Gasteiger partial charge in [-0.05, 0) is 25.3 Å². The van der Waals surface area contributed by atoms with Crippen molar-refractivity contribution in [3.63, 3.8) is 0 Å². The molecule has 1 N–H and O–H groups in total. The molecule has 2 atom stereocenters. The molecular formula is C12H11Cl2N3O2. The predicted octanol–water partition coefficient (Wildman–Crippen LogP) is 3.07. The zero-order valence-corrected chi connectivity index (χ0v) is 11.4. The van der Waals surface area contributed by atoms with Gasteiger partial charge in [0.05, 0.1) is 22.1 Å². The summed E-state index contributed by atoms with van der Waals surface area (Å²) in [6, 6.07) is 1.58. The van der Waals surface area contributed by atoms with Crippen LogP contribution in [0.5, 0.6) is 0 Å². The summed E-state index contributed by atoms with van der Waals surface area (Å²) >= 11 is 11.8. The van der Waals surface area contributed by atoms with Crippen molar-refractivity contribution in [2.45, 2.75) is 31.3 Å². The van der Waals surface area contributed by atoms with Crippen LogP contribution < -0.4 is 0 Å². The van der Waals surface area contributed by atoms with E-state index < -0.39 is 6.10 Å². The van der Waals surface area contributed by atoms with E-state index in [1.54, 1.807) is 6.07 Å². The van der Waals surface area contributed by atoms with Gasteiger partial charge in [0, 0.05) is 6.20 Å². The fraction of sp³-hybridized carbons (Fsp3) is 0.417. The molecule has 1 fully saturated rings. The molecule has 1 saturated carbocycles. The zero-order valence-electron chi connectivity index (χ0n) is 9.88. The van der Waals surface area contributed by atoms with E-state index in [0.717, 1.165) is 19.3 Å². The van der Waals surface area contributed by atoms with Crippen LogP contribution in [0, 0.1) is 0 Å². The standard InChI is InChI=1S/C12H11Cl2N3O2/c13-6-4-8(14)10(15-5-6)11-16-12(19-17-11)7-2-1-3-9(7)18/h4-5,7,9,18H,1-3H2. The number of aromatic nitrogens is 3. The molecule has 0 bridgehead atoms. The van der Waals surface area contributed by atoms with Crippen LogP contribution >= 0.6 is 23.2 Å². The molecule has 2 heterocycles. The van der Waals surface area contributed by atoms with Gasteiger partial charge in [0.2, 0.25) is 11.7 Å². The van der Waals surface area contributed by atoms with Gasteiger partial charge >= 0.3 is 0 Å². The predicted molar refractivity (Wildman–Crippen MR) is 70.1 cm³/mol. The van der Waals surface area contributed by atoms with Crippen LogP contribution in [-0.4, -0.2) is 26.3 Å². The van der Waals surface area contributed by atoms with Gasteiger partial charge in [0.1, 0.15) is 5.69 Å². The maximum atomic E-state index is 9.83. The van der Waals surface area contributed by atoms with Crippen molar-refractivity contribution in [3.05, 3.63) is 28.2 Å². The maximum Gasteiger partial charge on any atom is 0.232 e. The van der Waals surface area contributed by atoms with Crippen LogP contribution in [0.25, 0.3) is 11.5 Å². The summed E-state index contributed by atoms with van der Waals surface area (Å²) in [6.07, 6.45) is 3.64. The molecule has 19 heavy (non-hydrogen) atoms. The number of aliphatic hydroxyl groups excluding tert-OH is 1. The van der Waals surface area contributed by atoms with Crippen LogP contribution in [0.15, 0.2) is 16.8 Å². The molecule has 0 aliphatic heterocycles. The quantitative estimate of drug-likeness (QED) is 0.922. The third kappa shape index (κ3) is 2.45. The van der Waals surface area contributed by atoms with Crippen molar-refractivity contribution in [2.24, 2.45) is 0 Å². The SMILES string of the molecule is OC1CCCC1c1nc(-c2ncc(Cl)cc2Cl)no1. The Morgan fingerprint density at radius 1 is 1.32 bits per heavy atom. The molecule has 100 valence electrons. The minimum atomic E-state index is -0.415. The average Bonchev–Trinajstić information content (AvgIpc) is 2.97. The molecular weight excluding hydrogens is 289 g/mol. The second kappa shape index (κ2) is 5.07. The molecule has 0 amide bonds. The second-order valence-electron chi connectivity index (χ2n) is 4.54. The lowest BCUT2D eigenvalue weighted by molar-refractivity contribution is 0.148. The van der Waals surface area contributed by atoms with Gasteiger partial charge in [-0.25, -0.2) is 4.98 Å². The topological polar surface area (TPSA) is 72.0 Å². The molecule has 2 aromatic rings. The van der Waals surface area contributed by atoms with E-state index in [9.17, 15) is 5.11 Å². The van der Waals surface area contributed by atoms with E-state index in [-0.39, 0.29) is 5.92 Å².